The Morgan fingerprint density at radius 2 is 1.80 bits per heavy atom. The first kappa shape index (κ1) is 20.4. The molecule has 1 aliphatic rings. The zero-order chi connectivity index (χ0) is 21.1. The summed E-state index contributed by atoms with van der Waals surface area (Å²) in [6.07, 6.45) is 6.40. The third-order valence-corrected chi connectivity index (χ3v) is 6.09. The van der Waals surface area contributed by atoms with E-state index in [2.05, 4.69) is 5.32 Å². The first-order chi connectivity index (χ1) is 14.5. The van der Waals surface area contributed by atoms with Gasteiger partial charge in [-0.2, -0.15) is 0 Å². The van der Waals surface area contributed by atoms with Gasteiger partial charge in [-0.25, -0.2) is 0 Å². The lowest BCUT2D eigenvalue weighted by molar-refractivity contribution is -0.115. The predicted molar refractivity (Wildman–Crippen MR) is 120 cm³/mol. The number of carbonyl (C=O) groups is 1. The molecule has 5 nitrogen and oxygen atoms in total. The predicted octanol–water partition coefficient (Wildman–Crippen LogP) is 4.56. The second-order valence-corrected chi connectivity index (χ2v) is 8.32. The maximum atomic E-state index is 13.1. The van der Waals surface area contributed by atoms with E-state index < -0.39 is 6.23 Å². The lowest BCUT2D eigenvalue weighted by Crippen LogP contribution is -2.30. The van der Waals surface area contributed by atoms with Gasteiger partial charge in [-0.3, -0.25) is 14.2 Å². The molecule has 3 aromatic rings. The summed E-state index contributed by atoms with van der Waals surface area (Å²) < 4.78 is 1.44. The molecular formula is C25H28N2O3. The van der Waals surface area contributed by atoms with Crippen LogP contribution in [0.3, 0.4) is 0 Å². The summed E-state index contributed by atoms with van der Waals surface area (Å²) in [7, 11) is 0. The van der Waals surface area contributed by atoms with Gasteiger partial charge in [0.05, 0.1) is 6.42 Å². The molecule has 0 bridgehead atoms. The van der Waals surface area contributed by atoms with Crippen molar-refractivity contribution in [1.82, 2.24) is 4.57 Å². The van der Waals surface area contributed by atoms with Crippen LogP contribution in [0.1, 0.15) is 49.5 Å². The second-order valence-electron chi connectivity index (χ2n) is 8.32. The van der Waals surface area contributed by atoms with Crippen LogP contribution < -0.4 is 10.9 Å². The third-order valence-electron chi connectivity index (χ3n) is 6.09. The smallest absolute Gasteiger partial charge is 0.260 e. The highest BCUT2D eigenvalue weighted by Crippen LogP contribution is 2.31. The molecular weight excluding hydrogens is 376 g/mol. The fraction of sp³-hybridized carbons (Fsp3) is 0.360. The van der Waals surface area contributed by atoms with Crippen LogP contribution in [0.4, 0.5) is 5.69 Å². The van der Waals surface area contributed by atoms with Crippen molar-refractivity contribution in [3.05, 3.63) is 76.2 Å². The van der Waals surface area contributed by atoms with Gasteiger partial charge in [0.25, 0.3) is 5.56 Å². The number of nitrogens with zero attached hydrogens (tertiary/aromatic N) is 1. The molecule has 0 saturated heterocycles. The summed E-state index contributed by atoms with van der Waals surface area (Å²) >= 11 is 0. The minimum Gasteiger partial charge on any atom is -0.373 e. The standard InChI is InChI=1S/C25H28N2O3/c1-17-10-12-18(13-11-17)16-23(28)26-22-9-5-8-21-20(22)14-15-27(25(21)30)24(29)19-6-3-2-4-7-19/h5,8-15,19,24,29H,2-4,6-7,16H2,1H3,(H,26,28). The minimum atomic E-state index is -0.804. The number of fused-ring (bicyclic) bond motifs is 1. The van der Waals surface area contributed by atoms with Crippen LogP contribution >= 0.6 is 0 Å². The highest BCUT2D eigenvalue weighted by atomic mass is 16.3. The number of rotatable bonds is 5. The van der Waals surface area contributed by atoms with Crippen LogP contribution in [-0.2, 0) is 11.2 Å². The van der Waals surface area contributed by atoms with Crippen LogP contribution in [0.25, 0.3) is 10.8 Å². The normalized spacial score (nSPS) is 15.8. The number of aryl methyl sites for hydroxylation is 1. The Kier molecular flexibility index (Phi) is 6.00. The fourth-order valence-electron chi connectivity index (χ4n) is 4.36. The number of amides is 1. The number of pyridine rings is 1. The molecule has 1 aromatic heterocycles. The molecule has 2 N–H and O–H groups in total. The van der Waals surface area contributed by atoms with Crippen molar-refractivity contribution in [2.45, 2.75) is 51.7 Å². The van der Waals surface area contributed by atoms with Gasteiger partial charge in [-0.05, 0) is 43.5 Å². The lowest BCUT2D eigenvalue weighted by atomic mass is 9.88. The molecule has 156 valence electrons. The molecule has 2 aromatic carbocycles. The minimum absolute atomic E-state index is 0.117. The van der Waals surface area contributed by atoms with E-state index >= 15 is 0 Å². The molecule has 1 amide bonds. The van der Waals surface area contributed by atoms with Gasteiger partial charge < -0.3 is 10.4 Å². The van der Waals surface area contributed by atoms with Gasteiger partial charge in [0.15, 0.2) is 0 Å². The number of aliphatic hydroxyl groups is 1. The highest BCUT2D eigenvalue weighted by Gasteiger charge is 2.24. The van der Waals surface area contributed by atoms with Gasteiger partial charge >= 0.3 is 0 Å². The SMILES string of the molecule is Cc1ccc(CC(=O)Nc2cccc3c(=O)n(C(O)C4CCCCC4)ccc23)cc1. The van der Waals surface area contributed by atoms with E-state index in [1.54, 1.807) is 24.4 Å². The van der Waals surface area contributed by atoms with Crippen LogP contribution in [0.15, 0.2) is 59.5 Å². The Labute approximate surface area is 176 Å². The Morgan fingerprint density at radius 1 is 1.07 bits per heavy atom. The van der Waals surface area contributed by atoms with Crippen molar-refractivity contribution in [3.63, 3.8) is 0 Å². The van der Waals surface area contributed by atoms with Crippen molar-refractivity contribution in [2.24, 2.45) is 5.92 Å². The number of carbonyl (C=O) groups excluding carboxylic acids is 1. The number of benzene rings is 2. The van der Waals surface area contributed by atoms with Crippen LogP contribution in [0.2, 0.25) is 0 Å². The quantitative estimate of drug-likeness (QED) is 0.655. The van der Waals surface area contributed by atoms with E-state index in [1.165, 1.54) is 11.0 Å². The first-order valence-corrected chi connectivity index (χ1v) is 10.7. The second kappa shape index (κ2) is 8.84. The van der Waals surface area contributed by atoms with Gasteiger partial charge in [0.1, 0.15) is 6.23 Å². The summed E-state index contributed by atoms with van der Waals surface area (Å²) in [4.78, 5) is 25.6. The lowest BCUT2D eigenvalue weighted by Gasteiger charge is -2.28. The maximum absolute atomic E-state index is 13.1. The zero-order valence-electron chi connectivity index (χ0n) is 17.3. The highest BCUT2D eigenvalue weighted by molar-refractivity contribution is 6.02. The van der Waals surface area contributed by atoms with Crippen molar-refractivity contribution < 1.29 is 9.90 Å². The third kappa shape index (κ3) is 4.31. The Hall–Kier alpha value is -2.92. The summed E-state index contributed by atoms with van der Waals surface area (Å²) in [5.74, 6) is -0.0101. The Morgan fingerprint density at radius 3 is 2.53 bits per heavy atom. The van der Waals surface area contributed by atoms with E-state index in [4.69, 9.17) is 0 Å². The molecule has 0 spiro atoms. The summed E-state index contributed by atoms with van der Waals surface area (Å²) in [6.45, 7) is 2.01. The van der Waals surface area contributed by atoms with E-state index in [9.17, 15) is 14.7 Å². The summed E-state index contributed by atoms with van der Waals surface area (Å²) in [5.41, 5.74) is 2.48. The van der Waals surface area contributed by atoms with E-state index in [0.29, 0.717) is 16.5 Å². The van der Waals surface area contributed by atoms with Crippen molar-refractivity contribution in [2.75, 3.05) is 5.32 Å². The molecule has 1 saturated carbocycles. The zero-order valence-corrected chi connectivity index (χ0v) is 17.3. The molecule has 1 unspecified atom stereocenters. The number of hydrogen-bond acceptors (Lipinski definition) is 3. The topological polar surface area (TPSA) is 71.3 Å². The van der Waals surface area contributed by atoms with Gasteiger partial charge in [-0.15, -0.1) is 0 Å². The average molecular weight is 405 g/mol. The number of nitrogens with one attached hydrogen (secondary N) is 1. The fourth-order valence-corrected chi connectivity index (χ4v) is 4.36. The Bertz CT molecular complexity index is 1100. The number of aliphatic hydroxyl groups excluding tert-OH is 1. The van der Waals surface area contributed by atoms with Gasteiger partial charge in [0.2, 0.25) is 5.91 Å². The molecule has 1 fully saturated rings. The molecule has 4 rings (SSSR count). The van der Waals surface area contributed by atoms with Crippen molar-refractivity contribution >= 4 is 22.4 Å². The van der Waals surface area contributed by atoms with E-state index in [1.807, 2.05) is 37.3 Å². The van der Waals surface area contributed by atoms with Crippen molar-refractivity contribution in [1.29, 1.82) is 0 Å². The van der Waals surface area contributed by atoms with E-state index in [-0.39, 0.29) is 23.8 Å². The largest absolute Gasteiger partial charge is 0.373 e. The summed E-state index contributed by atoms with van der Waals surface area (Å²) in [5, 5.41) is 14.9. The maximum Gasteiger partial charge on any atom is 0.260 e. The van der Waals surface area contributed by atoms with E-state index in [0.717, 1.165) is 36.8 Å². The molecule has 0 radical (unpaired) electrons. The van der Waals surface area contributed by atoms with Gasteiger partial charge in [0, 0.05) is 28.6 Å². The monoisotopic (exact) mass is 404 g/mol. The molecule has 1 atom stereocenters. The number of aromatic nitrogens is 1. The van der Waals surface area contributed by atoms with Crippen LogP contribution in [-0.4, -0.2) is 15.6 Å². The average Bonchev–Trinajstić information content (AvgIpc) is 2.76. The van der Waals surface area contributed by atoms with Crippen molar-refractivity contribution in [3.8, 4) is 0 Å². The van der Waals surface area contributed by atoms with Crippen LogP contribution in [0.5, 0.6) is 0 Å². The molecule has 1 heterocycles. The van der Waals surface area contributed by atoms with Crippen LogP contribution in [0, 0.1) is 12.8 Å². The first-order valence-electron chi connectivity index (χ1n) is 10.7. The molecule has 5 heteroatoms. The number of anilines is 1. The number of hydrogen-bond donors (Lipinski definition) is 2. The molecule has 1 aliphatic carbocycles. The molecule has 0 aliphatic heterocycles. The summed E-state index contributed by atoms with van der Waals surface area (Å²) in [6, 6.07) is 15.0. The Balaban J connectivity index is 1.57. The van der Waals surface area contributed by atoms with Gasteiger partial charge in [-0.1, -0.05) is 55.2 Å². The molecule has 30 heavy (non-hydrogen) atoms.